The number of benzene rings is 2. The van der Waals surface area contributed by atoms with Crippen LogP contribution in [0.3, 0.4) is 0 Å². The first-order chi connectivity index (χ1) is 14.1. The van der Waals surface area contributed by atoms with Crippen molar-refractivity contribution in [1.29, 1.82) is 0 Å². The summed E-state index contributed by atoms with van der Waals surface area (Å²) in [6.45, 7) is 5.34. The Hall–Kier alpha value is -2.17. The van der Waals surface area contributed by atoms with Crippen LogP contribution in [0.2, 0.25) is 0 Å². The van der Waals surface area contributed by atoms with Gasteiger partial charge in [0.15, 0.2) is 0 Å². The number of aromatic amines is 1. The topological polar surface area (TPSA) is 47.1 Å². The molecule has 4 rings (SSSR count). The van der Waals surface area contributed by atoms with Crippen molar-refractivity contribution in [3.8, 4) is 0 Å². The fraction of sp³-hybridized carbons (Fsp3) is 0.480. The lowest BCUT2D eigenvalue weighted by Crippen LogP contribution is -2.49. The molecule has 4 nitrogen and oxygen atoms in total. The van der Waals surface area contributed by atoms with E-state index in [1.54, 1.807) is 0 Å². The molecule has 0 amide bonds. The Labute approximate surface area is 173 Å². The van der Waals surface area contributed by atoms with Crippen molar-refractivity contribution in [2.24, 2.45) is 11.3 Å². The van der Waals surface area contributed by atoms with Gasteiger partial charge in [0.2, 0.25) is 0 Å². The fourth-order valence-electron chi connectivity index (χ4n) is 5.05. The number of methoxy groups -OCH3 is 1. The lowest BCUT2D eigenvalue weighted by Gasteiger charge is -2.46. The summed E-state index contributed by atoms with van der Waals surface area (Å²) < 4.78 is 12.5. The van der Waals surface area contributed by atoms with Gasteiger partial charge >= 0.3 is 0 Å². The van der Waals surface area contributed by atoms with Crippen molar-refractivity contribution in [2.75, 3.05) is 13.7 Å². The summed E-state index contributed by atoms with van der Waals surface area (Å²) in [5.74, 6) is 1.31. The normalized spacial score (nSPS) is 24.0. The van der Waals surface area contributed by atoms with E-state index in [1.165, 1.54) is 16.3 Å². The number of ether oxygens (including phenoxy) is 2. The smallest absolute Gasteiger partial charge is 0.106 e. The van der Waals surface area contributed by atoms with E-state index in [2.05, 4.69) is 66.3 Å². The molecule has 1 N–H and O–H groups in total. The van der Waals surface area contributed by atoms with Crippen molar-refractivity contribution in [2.45, 2.75) is 51.7 Å². The molecular formula is C25H32N2O2. The van der Waals surface area contributed by atoms with Gasteiger partial charge < -0.3 is 14.5 Å². The predicted molar refractivity (Wildman–Crippen MR) is 117 cm³/mol. The molecule has 3 atom stereocenters. The number of aromatic nitrogens is 2. The third kappa shape index (κ3) is 4.39. The van der Waals surface area contributed by atoms with Gasteiger partial charge in [0.1, 0.15) is 5.82 Å². The maximum absolute atomic E-state index is 6.50. The molecule has 1 aliphatic rings. The van der Waals surface area contributed by atoms with Gasteiger partial charge in [0.25, 0.3) is 0 Å². The predicted octanol–water partition coefficient (Wildman–Crippen LogP) is 5.18. The van der Waals surface area contributed by atoms with Crippen LogP contribution in [0.1, 0.15) is 38.1 Å². The zero-order valence-corrected chi connectivity index (χ0v) is 17.7. The van der Waals surface area contributed by atoms with Crippen molar-refractivity contribution < 1.29 is 9.47 Å². The largest absolute Gasteiger partial charge is 0.380 e. The van der Waals surface area contributed by atoms with Crippen LogP contribution in [0.15, 0.2) is 54.9 Å². The third-order valence-corrected chi connectivity index (χ3v) is 6.53. The number of fused-ring (bicyclic) bond motifs is 1. The second-order valence-corrected chi connectivity index (χ2v) is 8.88. The number of rotatable bonds is 7. The van der Waals surface area contributed by atoms with Crippen LogP contribution in [-0.2, 0) is 22.3 Å². The van der Waals surface area contributed by atoms with E-state index < -0.39 is 0 Å². The Bertz CT molecular complexity index is 914. The van der Waals surface area contributed by atoms with E-state index in [0.717, 1.165) is 38.1 Å². The highest BCUT2D eigenvalue weighted by molar-refractivity contribution is 5.85. The number of nitrogens with one attached hydrogen (secondary N) is 1. The van der Waals surface area contributed by atoms with Gasteiger partial charge in [-0.1, -0.05) is 56.3 Å². The molecule has 0 aliphatic heterocycles. The first-order valence-corrected chi connectivity index (χ1v) is 10.7. The molecule has 0 radical (unpaired) electrons. The highest BCUT2D eigenvalue weighted by Crippen LogP contribution is 2.43. The lowest BCUT2D eigenvalue weighted by molar-refractivity contribution is -0.130. The van der Waals surface area contributed by atoms with Crippen molar-refractivity contribution >= 4 is 10.8 Å². The van der Waals surface area contributed by atoms with Crippen LogP contribution in [0.5, 0.6) is 0 Å². The molecule has 1 heterocycles. The zero-order chi connectivity index (χ0) is 20.3. The molecule has 29 heavy (non-hydrogen) atoms. The Kier molecular flexibility index (Phi) is 6.02. The number of hydrogen-bond acceptors (Lipinski definition) is 3. The summed E-state index contributed by atoms with van der Waals surface area (Å²) in [5, 5.41) is 2.62. The molecule has 4 heteroatoms. The molecule has 0 saturated heterocycles. The first-order valence-electron chi connectivity index (χ1n) is 10.7. The molecule has 1 saturated carbocycles. The Morgan fingerprint density at radius 2 is 1.97 bits per heavy atom. The number of nitrogens with zero attached hydrogens (tertiary/aromatic N) is 1. The summed E-state index contributed by atoms with van der Waals surface area (Å²) in [5.41, 5.74) is 1.49. The van der Waals surface area contributed by atoms with Crippen molar-refractivity contribution in [3.05, 3.63) is 66.2 Å². The van der Waals surface area contributed by atoms with Gasteiger partial charge in [-0.05, 0) is 41.0 Å². The highest BCUT2D eigenvalue weighted by Gasteiger charge is 2.45. The van der Waals surface area contributed by atoms with Gasteiger partial charge in [0.05, 0.1) is 18.8 Å². The maximum atomic E-state index is 6.50. The molecule has 1 aliphatic carbocycles. The number of hydrogen-bond donors (Lipinski definition) is 1. The molecule has 154 valence electrons. The monoisotopic (exact) mass is 392 g/mol. The molecule has 0 bridgehead atoms. The van der Waals surface area contributed by atoms with E-state index in [4.69, 9.17) is 9.47 Å². The summed E-state index contributed by atoms with van der Waals surface area (Å²) in [4.78, 5) is 7.71. The van der Waals surface area contributed by atoms with Crippen molar-refractivity contribution in [3.63, 3.8) is 0 Å². The van der Waals surface area contributed by atoms with Gasteiger partial charge in [-0.3, -0.25) is 0 Å². The fourth-order valence-corrected chi connectivity index (χ4v) is 5.05. The zero-order valence-electron chi connectivity index (χ0n) is 17.7. The molecule has 1 fully saturated rings. The minimum Gasteiger partial charge on any atom is -0.380 e. The Morgan fingerprint density at radius 3 is 2.76 bits per heavy atom. The summed E-state index contributed by atoms with van der Waals surface area (Å²) in [6.07, 6.45) is 8.01. The standard InChI is InChI=1S/C25H32N2O2/c1-25(2)13-11-22(21(24(25)28-3)17-23-26-14-15-27-23)29-16-12-19-9-6-8-18-7-4-5-10-20(18)19/h4-10,14-15,21-22,24H,11-13,16-17H2,1-3H3,(H,26,27). The van der Waals surface area contributed by atoms with Crippen LogP contribution in [0.25, 0.3) is 10.8 Å². The molecule has 1 aromatic heterocycles. The van der Waals surface area contributed by atoms with E-state index >= 15 is 0 Å². The van der Waals surface area contributed by atoms with Gasteiger partial charge in [-0.25, -0.2) is 4.98 Å². The SMILES string of the molecule is COC1C(Cc2ncc[nH]2)C(OCCc2cccc3ccccc23)CCC1(C)C. The van der Waals surface area contributed by atoms with Crippen molar-refractivity contribution in [1.82, 2.24) is 9.97 Å². The van der Waals surface area contributed by atoms with Crippen LogP contribution in [0.4, 0.5) is 0 Å². The van der Waals surface area contributed by atoms with Crippen LogP contribution in [-0.4, -0.2) is 35.9 Å². The Balaban J connectivity index is 1.47. The van der Waals surface area contributed by atoms with E-state index in [9.17, 15) is 0 Å². The lowest BCUT2D eigenvalue weighted by atomic mass is 9.67. The van der Waals surface area contributed by atoms with E-state index in [0.29, 0.717) is 5.92 Å². The van der Waals surface area contributed by atoms with Crippen LogP contribution >= 0.6 is 0 Å². The average molecular weight is 393 g/mol. The second kappa shape index (κ2) is 8.68. The van der Waals surface area contributed by atoms with E-state index in [-0.39, 0.29) is 17.6 Å². The van der Waals surface area contributed by atoms with Gasteiger partial charge in [0, 0.05) is 31.8 Å². The van der Waals surface area contributed by atoms with E-state index in [1.807, 2.05) is 19.5 Å². The molecule has 3 aromatic rings. The third-order valence-electron chi connectivity index (χ3n) is 6.53. The average Bonchev–Trinajstić information content (AvgIpc) is 3.23. The molecule has 3 unspecified atom stereocenters. The molecular weight excluding hydrogens is 360 g/mol. The number of imidazole rings is 1. The van der Waals surface area contributed by atoms with Gasteiger partial charge in [-0.15, -0.1) is 0 Å². The second-order valence-electron chi connectivity index (χ2n) is 8.88. The minimum absolute atomic E-state index is 0.140. The summed E-state index contributed by atoms with van der Waals surface area (Å²) >= 11 is 0. The first kappa shape index (κ1) is 20.1. The Morgan fingerprint density at radius 1 is 1.14 bits per heavy atom. The molecule has 2 aromatic carbocycles. The number of H-pyrrole nitrogens is 1. The molecule has 0 spiro atoms. The maximum Gasteiger partial charge on any atom is 0.106 e. The minimum atomic E-state index is 0.140. The highest BCUT2D eigenvalue weighted by atomic mass is 16.5. The van der Waals surface area contributed by atoms with Gasteiger partial charge in [-0.2, -0.15) is 0 Å². The summed E-state index contributed by atoms with van der Waals surface area (Å²) in [6, 6.07) is 15.1. The quantitative estimate of drug-likeness (QED) is 0.602. The summed E-state index contributed by atoms with van der Waals surface area (Å²) in [7, 11) is 1.83. The van der Waals surface area contributed by atoms with Crippen LogP contribution < -0.4 is 0 Å². The van der Waals surface area contributed by atoms with Crippen LogP contribution in [0, 0.1) is 11.3 Å².